The van der Waals surface area contributed by atoms with Crippen LogP contribution in [0.15, 0.2) is 0 Å². The maximum atomic E-state index is 10.3. The molecule has 0 unspecified atom stereocenters. The average molecular weight is 571 g/mol. The summed E-state index contributed by atoms with van der Waals surface area (Å²) in [5.41, 5.74) is -2.74. The van der Waals surface area contributed by atoms with Crippen LogP contribution in [0.1, 0.15) is 12.8 Å². The van der Waals surface area contributed by atoms with Crippen LogP contribution in [0.5, 0.6) is 0 Å². The van der Waals surface area contributed by atoms with E-state index >= 15 is 0 Å². The van der Waals surface area contributed by atoms with Crippen LogP contribution in [0.4, 0.5) is 0 Å². The molecule has 0 fully saturated rings. The quantitative estimate of drug-likeness (QED) is 0.109. The summed E-state index contributed by atoms with van der Waals surface area (Å²) in [7, 11) is -9.28. The van der Waals surface area contributed by atoms with Crippen LogP contribution >= 0.6 is 28.1 Å². The third-order valence-corrected chi connectivity index (χ3v) is 1.29. The first-order valence-electron chi connectivity index (χ1n) is 4.74. The van der Waals surface area contributed by atoms with Gasteiger partial charge in [0.1, 0.15) is 0 Å². The van der Waals surface area contributed by atoms with Crippen LogP contribution in [0.3, 0.4) is 0 Å². The zero-order valence-corrected chi connectivity index (χ0v) is 15.2. The number of phosphoric acid groups is 2. The number of hydrogen-bond acceptors (Lipinski definition) is 8. The Kier molecular flexibility index (Phi) is 65.0. The second kappa shape index (κ2) is 30.5. The number of aliphatic carboxylic acids is 3. The molecule has 0 aromatic rings. The van der Waals surface area contributed by atoms with Gasteiger partial charge in [0, 0.05) is 0 Å². The summed E-state index contributed by atoms with van der Waals surface area (Å²) in [6.45, 7) is 0. The van der Waals surface area contributed by atoms with E-state index in [0.717, 1.165) is 0 Å². The van der Waals surface area contributed by atoms with Crippen molar-refractivity contribution in [3.8, 4) is 0 Å². The van der Waals surface area contributed by atoms with E-state index in [4.69, 9.17) is 58.9 Å². The fourth-order valence-corrected chi connectivity index (χ4v) is 0.714. The van der Waals surface area contributed by atoms with Gasteiger partial charge in [-0.25, -0.2) is 13.9 Å². The summed E-state index contributed by atoms with van der Waals surface area (Å²) >= 11 is 0. The number of carboxylic acid groups (broad SMARTS) is 3. The molecule has 0 saturated heterocycles. The predicted molar refractivity (Wildman–Crippen MR) is 112 cm³/mol. The number of aliphatic hydroxyl groups is 1. The van der Waals surface area contributed by atoms with Gasteiger partial charge >= 0.3 is 174 Å². The van der Waals surface area contributed by atoms with Crippen LogP contribution in [0.2, 0.25) is 0 Å². The normalized spacial score (nSPS) is 8.63. The third kappa shape index (κ3) is 77.1. The van der Waals surface area contributed by atoms with Crippen molar-refractivity contribution < 1.29 is 73.3 Å². The van der Waals surface area contributed by atoms with Crippen molar-refractivity contribution in [2.24, 2.45) is 0 Å². The zero-order chi connectivity index (χ0) is 19.6. The molecule has 16 N–H and O–H groups in total. The summed E-state index contributed by atoms with van der Waals surface area (Å²) in [6.07, 6.45) is -2.29. The molecule has 0 rings (SSSR count). The minimum absolute atomic E-state index is 0. The fourth-order valence-electron chi connectivity index (χ4n) is 0.714. The Bertz CT molecular complexity index is 482. The Morgan fingerprint density at radius 1 is 0.667 bits per heavy atom. The molecule has 0 atom stereocenters. The summed E-state index contributed by atoms with van der Waals surface area (Å²) in [5.74, 6) is -5.02. The molecule has 0 heterocycles. The molecule has 24 heteroatoms. The molecule has 0 amide bonds. The number of carboxylic acids is 3. The molecule has 17 nitrogen and oxygen atoms in total. The molecular weight excluding hydrogens is 546 g/mol. The Labute approximate surface area is 285 Å². The van der Waals surface area contributed by atoms with Crippen molar-refractivity contribution >= 4 is 186 Å². The first kappa shape index (κ1) is 64.0. The molecule has 0 aliphatic rings. The Balaban J connectivity index is -0.0000000256. The topological polar surface area (TPSA) is 358 Å². The third-order valence-electron chi connectivity index (χ3n) is 1.29. The first-order valence-corrected chi connectivity index (χ1v) is 7.87. The number of halogens is 1. The van der Waals surface area contributed by atoms with Crippen molar-refractivity contribution in [1.29, 1.82) is 0 Å². The molecule has 30 heavy (non-hydrogen) atoms. The Morgan fingerprint density at radius 3 is 0.867 bits per heavy atom. The monoisotopic (exact) mass is 570 g/mol. The molecule has 0 bridgehead atoms. The van der Waals surface area contributed by atoms with E-state index in [2.05, 4.69) is 0 Å². The van der Waals surface area contributed by atoms with Gasteiger partial charge in [0.2, 0.25) is 0 Å². The summed E-state index contributed by atoms with van der Waals surface area (Å²) in [6, 6.07) is 0. The summed E-state index contributed by atoms with van der Waals surface area (Å²) in [5, 5.41) is 33.8. The van der Waals surface area contributed by atoms with Gasteiger partial charge in [-0.05, 0) is 0 Å². The molecule has 0 radical (unpaired) electrons. The molecular formula is C6H25ClKN2Na3O15P2. The van der Waals surface area contributed by atoms with Crippen molar-refractivity contribution in [2.75, 3.05) is 0 Å². The summed E-state index contributed by atoms with van der Waals surface area (Å²) in [4.78, 5) is 73.6. The van der Waals surface area contributed by atoms with Crippen molar-refractivity contribution in [2.45, 2.75) is 18.4 Å². The predicted octanol–water partition coefficient (Wildman–Crippen LogP) is -4.95. The molecule has 170 valence electrons. The molecule has 0 saturated carbocycles. The number of carbonyl (C=O) groups is 3. The minimum atomic E-state index is -4.64. The number of hydrogen-bond donors (Lipinski definition) is 12. The maximum absolute atomic E-state index is 10.3. The van der Waals surface area contributed by atoms with Crippen LogP contribution in [-0.4, -0.2) is 213 Å². The number of rotatable bonds is 5. The molecule has 0 aliphatic carbocycles. The average Bonchev–Trinajstić information content (AvgIpc) is 2.07. The van der Waals surface area contributed by atoms with E-state index < -0.39 is 52.0 Å². The van der Waals surface area contributed by atoms with Gasteiger partial charge in [-0.15, -0.1) is 12.4 Å². The Hall–Kier alpha value is 3.44. The first-order chi connectivity index (χ1) is 9.78. The van der Waals surface area contributed by atoms with E-state index in [0.29, 0.717) is 0 Å². The Morgan fingerprint density at radius 2 is 0.800 bits per heavy atom. The van der Waals surface area contributed by atoms with Crippen molar-refractivity contribution in [1.82, 2.24) is 12.3 Å². The second-order valence-corrected chi connectivity index (χ2v) is 5.56. The van der Waals surface area contributed by atoms with Gasteiger partial charge in [0.25, 0.3) is 0 Å². The molecule has 0 aliphatic heterocycles. The van der Waals surface area contributed by atoms with Gasteiger partial charge in [-0.3, -0.25) is 9.59 Å². The molecule has 0 aromatic carbocycles. The van der Waals surface area contributed by atoms with Crippen molar-refractivity contribution in [3.05, 3.63) is 0 Å². The second-order valence-electron chi connectivity index (χ2n) is 3.50. The van der Waals surface area contributed by atoms with E-state index in [9.17, 15) is 14.4 Å². The van der Waals surface area contributed by atoms with Gasteiger partial charge in [0.05, 0.1) is 12.8 Å². The fraction of sp³-hybridized carbons (Fsp3) is 0.500. The summed E-state index contributed by atoms with van der Waals surface area (Å²) < 4.78 is 17.8. The molecule has 0 aromatic heterocycles. The van der Waals surface area contributed by atoms with Crippen molar-refractivity contribution in [3.63, 3.8) is 0 Å². The van der Waals surface area contributed by atoms with Crippen LogP contribution in [0.25, 0.3) is 0 Å². The van der Waals surface area contributed by atoms with Gasteiger partial charge in [0.15, 0.2) is 5.60 Å². The van der Waals surface area contributed by atoms with E-state index in [-0.39, 0.29) is 165 Å². The SMILES string of the molecule is Cl.N.N.O=C(O)CC(O)(CC(=O)O)C(=O)O.O=P(O)(O)O.O=P(O)(O)O.[KH].[NaH].[NaH].[NaH]. The van der Waals surface area contributed by atoms with Gasteiger partial charge in [-0.2, -0.15) is 0 Å². The standard InChI is InChI=1S/C6H8O7.ClH.K.2H3N.3Na.2H3O4P.4H/c7-3(8)1-6(13,5(11)12)2-4(9)10;;;;;;;;2*1-5(2,3)4;;;;/h13H,1-2H2,(H,7,8)(H,9,10)(H,11,12);1H;;2*1H3;;;;2*(H3,1,2,3,4);;;;. The molecule has 0 spiro atoms. The van der Waals surface area contributed by atoms with Crippen LogP contribution < -0.4 is 12.3 Å². The van der Waals surface area contributed by atoms with Crippen LogP contribution in [0, 0.1) is 0 Å². The van der Waals surface area contributed by atoms with E-state index in [1.165, 1.54) is 0 Å². The van der Waals surface area contributed by atoms with E-state index in [1.807, 2.05) is 0 Å². The van der Waals surface area contributed by atoms with Gasteiger partial charge < -0.3 is 62.1 Å². The van der Waals surface area contributed by atoms with Gasteiger partial charge in [-0.1, -0.05) is 0 Å². The zero-order valence-electron chi connectivity index (χ0n) is 12.6. The van der Waals surface area contributed by atoms with Crippen LogP contribution in [-0.2, 0) is 23.5 Å². The van der Waals surface area contributed by atoms with E-state index in [1.54, 1.807) is 0 Å².